The maximum Gasteiger partial charge on any atom is 0.254 e. The van der Waals surface area contributed by atoms with E-state index < -0.39 is 0 Å². The first-order valence-electron chi connectivity index (χ1n) is 6.50. The van der Waals surface area contributed by atoms with Gasteiger partial charge in [0, 0.05) is 18.9 Å². The summed E-state index contributed by atoms with van der Waals surface area (Å²) in [6, 6.07) is 1.56. The third kappa shape index (κ3) is 4.38. The van der Waals surface area contributed by atoms with Crippen LogP contribution in [0.5, 0.6) is 0 Å². The van der Waals surface area contributed by atoms with Gasteiger partial charge >= 0.3 is 0 Å². The van der Waals surface area contributed by atoms with Crippen LogP contribution in [-0.4, -0.2) is 28.6 Å². The molecule has 0 saturated carbocycles. The zero-order valence-electron chi connectivity index (χ0n) is 11.8. The SMILES string of the molecule is CC(C)c1nnc(NC(=O)CCNC(=O)c2ccoc2)s1. The Balaban J connectivity index is 1.73. The van der Waals surface area contributed by atoms with Crippen LogP contribution >= 0.6 is 11.3 Å². The Morgan fingerprint density at radius 2 is 2.19 bits per heavy atom. The monoisotopic (exact) mass is 308 g/mol. The predicted molar refractivity (Wildman–Crippen MR) is 78.3 cm³/mol. The van der Waals surface area contributed by atoms with Gasteiger partial charge in [-0.15, -0.1) is 10.2 Å². The Labute approximate surface area is 125 Å². The second-order valence-corrected chi connectivity index (χ2v) is 5.68. The van der Waals surface area contributed by atoms with E-state index >= 15 is 0 Å². The van der Waals surface area contributed by atoms with E-state index in [0.717, 1.165) is 5.01 Å². The Hall–Kier alpha value is -2.22. The van der Waals surface area contributed by atoms with Crippen molar-refractivity contribution in [3.8, 4) is 0 Å². The Kier molecular flexibility index (Phi) is 5.04. The maximum atomic E-state index is 11.7. The number of hydrogen-bond acceptors (Lipinski definition) is 6. The molecule has 2 rings (SSSR count). The molecule has 21 heavy (non-hydrogen) atoms. The summed E-state index contributed by atoms with van der Waals surface area (Å²) in [4.78, 5) is 23.3. The van der Waals surface area contributed by atoms with Gasteiger partial charge in [-0.05, 0) is 6.07 Å². The lowest BCUT2D eigenvalue weighted by Gasteiger charge is -2.03. The van der Waals surface area contributed by atoms with Crippen molar-refractivity contribution in [2.24, 2.45) is 0 Å². The van der Waals surface area contributed by atoms with E-state index in [9.17, 15) is 9.59 Å². The molecule has 2 aromatic heterocycles. The van der Waals surface area contributed by atoms with Crippen molar-refractivity contribution in [2.45, 2.75) is 26.2 Å². The number of carbonyl (C=O) groups excluding carboxylic acids is 2. The van der Waals surface area contributed by atoms with Gasteiger partial charge in [0.2, 0.25) is 11.0 Å². The number of hydrogen-bond donors (Lipinski definition) is 2. The van der Waals surface area contributed by atoms with Crippen molar-refractivity contribution >= 4 is 28.3 Å². The molecule has 0 saturated heterocycles. The summed E-state index contributed by atoms with van der Waals surface area (Å²) in [7, 11) is 0. The van der Waals surface area contributed by atoms with Gasteiger partial charge in [-0.1, -0.05) is 25.2 Å². The molecule has 2 aromatic rings. The molecule has 2 heterocycles. The molecule has 0 fully saturated rings. The Morgan fingerprint density at radius 1 is 1.38 bits per heavy atom. The highest BCUT2D eigenvalue weighted by Crippen LogP contribution is 2.22. The molecule has 0 aliphatic heterocycles. The number of nitrogens with zero attached hydrogens (tertiary/aromatic N) is 2. The van der Waals surface area contributed by atoms with Crippen LogP contribution in [0, 0.1) is 0 Å². The molecule has 2 amide bonds. The van der Waals surface area contributed by atoms with Crippen molar-refractivity contribution < 1.29 is 14.0 Å². The largest absolute Gasteiger partial charge is 0.472 e. The Bertz CT molecular complexity index is 607. The van der Waals surface area contributed by atoms with E-state index in [4.69, 9.17) is 4.42 Å². The van der Waals surface area contributed by atoms with E-state index in [1.807, 2.05) is 13.8 Å². The number of furan rings is 1. The van der Waals surface area contributed by atoms with Crippen LogP contribution in [0.2, 0.25) is 0 Å². The summed E-state index contributed by atoms with van der Waals surface area (Å²) < 4.78 is 4.81. The lowest BCUT2D eigenvalue weighted by Crippen LogP contribution is -2.27. The molecule has 0 aliphatic rings. The van der Waals surface area contributed by atoms with Crippen molar-refractivity contribution in [3.05, 3.63) is 29.2 Å². The van der Waals surface area contributed by atoms with Gasteiger partial charge in [0.05, 0.1) is 11.8 Å². The van der Waals surface area contributed by atoms with Gasteiger partial charge in [0.15, 0.2) is 0 Å². The van der Waals surface area contributed by atoms with E-state index in [1.54, 1.807) is 6.07 Å². The fourth-order valence-corrected chi connectivity index (χ4v) is 2.25. The molecule has 0 bridgehead atoms. The standard InChI is InChI=1S/C13H16N4O3S/c1-8(2)12-16-17-13(21-12)15-10(18)3-5-14-11(19)9-4-6-20-7-9/h4,6-8H,3,5H2,1-2H3,(H,14,19)(H,15,17,18). The van der Waals surface area contributed by atoms with Gasteiger partial charge in [-0.3, -0.25) is 9.59 Å². The first-order valence-corrected chi connectivity index (χ1v) is 7.31. The van der Waals surface area contributed by atoms with Crippen molar-refractivity contribution in [1.82, 2.24) is 15.5 Å². The number of aromatic nitrogens is 2. The van der Waals surface area contributed by atoms with Gasteiger partial charge in [-0.2, -0.15) is 0 Å². The predicted octanol–water partition coefficient (Wildman–Crippen LogP) is 2.01. The number of carbonyl (C=O) groups is 2. The van der Waals surface area contributed by atoms with Crippen molar-refractivity contribution in [1.29, 1.82) is 0 Å². The fraction of sp³-hybridized carbons (Fsp3) is 0.385. The molecule has 2 N–H and O–H groups in total. The normalized spacial score (nSPS) is 10.6. The van der Waals surface area contributed by atoms with E-state index in [0.29, 0.717) is 10.7 Å². The molecule has 7 nitrogen and oxygen atoms in total. The third-order valence-corrected chi connectivity index (χ3v) is 3.74. The zero-order valence-corrected chi connectivity index (χ0v) is 12.6. The summed E-state index contributed by atoms with van der Waals surface area (Å²) >= 11 is 1.35. The third-order valence-electron chi connectivity index (χ3n) is 2.60. The lowest BCUT2D eigenvalue weighted by atomic mass is 10.2. The second-order valence-electron chi connectivity index (χ2n) is 4.67. The van der Waals surface area contributed by atoms with Crippen LogP contribution < -0.4 is 10.6 Å². The molecular weight excluding hydrogens is 292 g/mol. The quantitative estimate of drug-likeness (QED) is 0.851. The highest BCUT2D eigenvalue weighted by Gasteiger charge is 2.11. The summed E-state index contributed by atoms with van der Waals surface area (Å²) in [6.07, 6.45) is 2.94. The molecule has 8 heteroatoms. The molecule has 0 atom stereocenters. The minimum Gasteiger partial charge on any atom is -0.472 e. The smallest absolute Gasteiger partial charge is 0.254 e. The van der Waals surface area contributed by atoms with Crippen LogP contribution in [0.1, 0.15) is 41.6 Å². The summed E-state index contributed by atoms with van der Waals surface area (Å²) in [5.74, 6) is -0.203. The highest BCUT2D eigenvalue weighted by atomic mass is 32.1. The lowest BCUT2D eigenvalue weighted by molar-refractivity contribution is -0.116. The van der Waals surface area contributed by atoms with Crippen molar-refractivity contribution in [2.75, 3.05) is 11.9 Å². The second kappa shape index (κ2) is 6.98. The van der Waals surface area contributed by atoms with Crippen LogP contribution in [0.15, 0.2) is 23.0 Å². The molecule has 0 spiro atoms. The molecule has 0 radical (unpaired) electrons. The van der Waals surface area contributed by atoms with Crippen LogP contribution in [0.4, 0.5) is 5.13 Å². The van der Waals surface area contributed by atoms with Gasteiger partial charge < -0.3 is 15.1 Å². The Morgan fingerprint density at radius 3 is 2.81 bits per heavy atom. The van der Waals surface area contributed by atoms with E-state index in [-0.39, 0.29) is 30.7 Å². The first kappa shape index (κ1) is 15.2. The number of rotatable bonds is 6. The summed E-state index contributed by atoms with van der Waals surface area (Å²) in [6.45, 7) is 4.26. The molecule has 0 unspecified atom stereocenters. The fourth-order valence-electron chi connectivity index (χ4n) is 1.49. The topological polar surface area (TPSA) is 97.1 Å². The van der Waals surface area contributed by atoms with E-state index in [1.165, 1.54) is 23.9 Å². The van der Waals surface area contributed by atoms with Crippen LogP contribution in [0.3, 0.4) is 0 Å². The van der Waals surface area contributed by atoms with Gasteiger partial charge in [0.1, 0.15) is 11.3 Å². The number of nitrogens with one attached hydrogen (secondary N) is 2. The van der Waals surface area contributed by atoms with E-state index in [2.05, 4.69) is 20.8 Å². The van der Waals surface area contributed by atoms with Crippen LogP contribution in [0.25, 0.3) is 0 Å². The minimum absolute atomic E-state index is 0.167. The van der Waals surface area contributed by atoms with Crippen molar-refractivity contribution in [3.63, 3.8) is 0 Å². The molecular formula is C13H16N4O3S. The minimum atomic E-state index is -0.269. The molecule has 112 valence electrons. The zero-order chi connectivity index (χ0) is 15.2. The highest BCUT2D eigenvalue weighted by molar-refractivity contribution is 7.15. The number of amides is 2. The molecule has 0 aromatic carbocycles. The molecule has 0 aliphatic carbocycles. The van der Waals surface area contributed by atoms with Gasteiger partial charge in [-0.25, -0.2) is 0 Å². The number of anilines is 1. The van der Waals surface area contributed by atoms with Crippen LogP contribution in [-0.2, 0) is 4.79 Å². The van der Waals surface area contributed by atoms with Gasteiger partial charge in [0.25, 0.3) is 5.91 Å². The summed E-state index contributed by atoms with van der Waals surface area (Å²) in [5.41, 5.74) is 0.432. The summed E-state index contributed by atoms with van der Waals surface area (Å²) in [5, 5.41) is 14.5. The average molecular weight is 308 g/mol. The average Bonchev–Trinajstić information content (AvgIpc) is 3.09. The first-order chi connectivity index (χ1) is 10.1. The maximum absolute atomic E-state index is 11.7.